The summed E-state index contributed by atoms with van der Waals surface area (Å²) in [6.07, 6.45) is 1.10. The third-order valence-corrected chi connectivity index (χ3v) is 4.19. The van der Waals surface area contributed by atoms with Crippen LogP contribution < -0.4 is 4.90 Å². The topological polar surface area (TPSA) is 101 Å². The zero-order chi connectivity index (χ0) is 14.2. The number of nitrogens with zero attached hydrogens (tertiary/aromatic N) is 2. The summed E-state index contributed by atoms with van der Waals surface area (Å²) in [5.74, 6) is 0. The molecule has 1 saturated heterocycles. The van der Waals surface area contributed by atoms with Crippen molar-refractivity contribution >= 4 is 21.2 Å². The Hall–Kier alpha value is -1.67. The second-order valence-electron chi connectivity index (χ2n) is 4.57. The van der Waals surface area contributed by atoms with Gasteiger partial charge in [-0.05, 0) is 18.6 Å². The highest BCUT2D eigenvalue weighted by Crippen LogP contribution is 2.30. The lowest BCUT2D eigenvalue weighted by atomic mass is 10.2. The Balaban J connectivity index is 2.47. The molecule has 7 nitrogen and oxygen atoms in total. The number of β-amino-alcohol motifs (C(OH)–C–C–N with tert-alkyl or cyclic N) is 1. The van der Waals surface area contributed by atoms with Gasteiger partial charge in [0.1, 0.15) is 4.90 Å². The highest BCUT2D eigenvalue weighted by molar-refractivity contribution is 7.90. The van der Waals surface area contributed by atoms with Crippen LogP contribution in [0.4, 0.5) is 11.4 Å². The van der Waals surface area contributed by atoms with E-state index in [1.807, 2.05) is 4.90 Å². The lowest BCUT2D eigenvalue weighted by molar-refractivity contribution is -0.387. The molecule has 0 bridgehead atoms. The van der Waals surface area contributed by atoms with Crippen LogP contribution in [0.5, 0.6) is 0 Å². The number of rotatable bonds is 3. The Bertz CT molecular complexity index is 614. The number of sulfone groups is 1. The maximum absolute atomic E-state index is 11.6. The first-order valence-corrected chi connectivity index (χ1v) is 7.59. The minimum absolute atomic E-state index is 0.295. The molecule has 0 unspecified atom stereocenters. The summed E-state index contributed by atoms with van der Waals surface area (Å²) in [6.45, 7) is 1.00. The standard InChI is InChI=1S/C11H14N2O5S/c1-19(17,18)11-6-8(2-3-10(11)13(15)16)12-5-4-9(14)7-12/h2-3,6,9,14H,4-5,7H2,1H3/t9-/m1/s1. The van der Waals surface area contributed by atoms with Crippen molar-refractivity contribution in [1.82, 2.24) is 0 Å². The van der Waals surface area contributed by atoms with E-state index in [9.17, 15) is 23.6 Å². The van der Waals surface area contributed by atoms with Gasteiger partial charge in [-0.3, -0.25) is 10.1 Å². The number of benzene rings is 1. The van der Waals surface area contributed by atoms with Gasteiger partial charge in [0.25, 0.3) is 5.69 Å². The van der Waals surface area contributed by atoms with Crippen molar-refractivity contribution in [3.8, 4) is 0 Å². The van der Waals surface area contributed by atoms with E-state index >= 15 is 0 Å². The van der Waals surface area contributed by atoms with E-state index in [0.29, 0.717) is 25.2 Å². The highest BCUT2D eigenvalue weighted by Gasteiger charge is 2.26. The molecule has 1 aliphatic rings. The third-order valence-electron chi connectivity index (χ3n) is 3.07. The lowest BCUT2D eigenvalue weighted by Crippen LogP contribution is -2.21. The van der Waals surface area contributed by atoms with Crippen LogP contribution in [-0.4, -0.2) is 43.9 Å². The number of hydrogen-bond donors (Lipinski definition) is 1. The molecule has 0 aliphatic carbocycles. The van der Waals surface area contributed by atoms with Crippen molar-refractivity contribution in [2.75, 3.05) is 24.2 Å². The Morgan fingerprint density at radius 1 is 1.47 bits per heavy atom. The van der Waals surface area contributed by atoms with Crippen molar-refractivity contribution in [3.63, 3.8) is 0 Å². The van der Waals surface area contributed by atoms with E-state index in [1.54, 1.807) is 0 Å². The minimum Gasteiger partial charge on any atom is -0.391 e. The Kier molecular flexibility index (Phi) is 3.46. The third kappa shape index (κ3) is 2.85. The quantitative estimate of drug-likeness (QED) is 0.644. The molecule has 0 spiro atoms. The molecule has 0 radical (unpaired) electrons. The van der Waals surface area contributed by atoms with Crippen LogP contribution in [0.25, 0.3) is 0 Å². The Labute approximate surface area is 110 Å². The fourth-order valence-electron chi connectivity index (χ4n) is 2.12. The predicted octanol–water partition coefficient (Wildman–Crippen LogP) is 0.569. The molecule has 1 aliphatic heterocycles. The Morgan fingerprint density at radius 3 is 2.63 bits per heavy atom. The van der Waals surface area contributed by atoms with Gasteiger partial charge in [0.2, 0.25) is 0 Å². The molecular weight excluding hydrogens is 272 g/mol. The molecule has 1 atom stereocenters. The van der Waals surface area contributed by atoms with Crippen LogP contribution in [0, 0.1) is 10.1 Å². The molecule has 19 heavy (non-hydrogen) atoms. The van der Waals surface area contributed by atoms with Gasteiger partial charge < -0.3 is 10.0 Å². The molecule has 1 fully saturated rings. The monoisotopic (exact) mass is 286 g/mol. The number of hydrogen-bond acceptors (Lipinski definition) is 6. The summed E-state index contributed by atoms with van der Waals surface area (Å²) in [5.41, 5.74) is 0.147. The Morgan fingerprint density at radius 2 is 2.16 bits per heavy atom. The van der Waals surface area contributed by atoms with Gasteiger partial charge in [-0.1, -0.05) is 0 Å². The van der Waals surface area contributed by atoms with Crippen LogP contribution in [0.2, 0.25) is 0 Å². The first-order valence-electron chi connectivity index (χ1n) is 5.70. The van der Waals surface area contributed by atoms with Crippen molar-refractivity contribution in [2.24, 2.45) is 0 Å². The average molecular weight is 286 g/mol. The van der Waals surface area contributed by atoms with Crippen LogP contribution >= 0.6 is 0 Å². The minimum atomic E-state index is -3.67. The van der Waals surface area contributed by atoms with Gasteiger partial charge >= 0.3 is 0 Å². The summed E-state index contributed by atoms with van der Waals surface area (Å²) in [4.78, 5) is 11.6. The zero-order valence-corrected chi connectivity index (χ0v) is 11.1. The van der Waals surface area contributed by atoms with E-state index in [-0.39, 0.29) is 4.90 Å². The summed E-state index contributed by atoms with van der Waals surface area (Å²) < 4.78 is 23.2. The molecule has 1 aromatic rings. The molecule has 8 heteroatoms. The number of aliphatic hydroxyl groups excluding tert-OH is 1. The number of aliphatic hydroxyl groups is 1. The molecule has 0 saturated carbocycles. The van der Waals surface area contributed by atoms with Gasteiger partial charge in [0, 0.05) is 31.1 Å². The van der Waals surface area contributed by atoms with E-state index < -0.39 is 26.6 Å². The number of nitro benzene ring substituents is 1. The van der Waals surface area contributed by atoms with E-state index in [0.717, 1.165) is 6.26 Å². The normalized spacial score (nSPS) is 19.7. The number of nitro groups is 1. The number of anilines is 1. The fourth-order valence-corrected chi connectivity index (χ4v) is 2.98. The zero-order valence-electron chi connectivity index (χ0n) is 10.3. The first-order chi connectivity index (χ1) is 8.79. The van der Waals surface area contributed by atoms with Gasteiger partial charge in [-0.2, -0.15) is 0 Å². The molecule has 0 amide bonds. The van der Waals surface area contributed by atoms with Gasteiger partial charge in [0.15, 0.2) is 9.84 Å². The fraction of sp³-hybridized carbons (Fsp3) is 0.455. The summed E-state index contributed by atoms with van der Waals surface area (Å²) >= 11 is 0. The van der Waals surface area contributed by atoms with Crippen LogP contribution in [0.15, 0.2) is 23.1 Å². The average Bonchev–Trinajstić information content (AvgIpc) is 2.74. The van der Waals surface area contributed by atoms with Gasteiger partial charge in [-0.15, -0.1) is 0 Å². The van der Waals surface area contributed by atoms with Gasteiger partial charge in [-0.25, -0.2) is 8.42 Å². The smallest absolute Gasteiger partial charge is 0.288 e. The van der Waals surface area contributed by atoms with Crippen molar-refractivity contribution in [3.05, 3.63) is 28.3 Å². The maximum Gasteiger partial charge on any atom is 0.288 e. The highest BCUT2D eigenvalue weighted by atomic mass is 32.2. The van der Waals surface area contributed by atoms with E-state index in [4.69, 9.17) is 0 Å². The van der Waals surface area contributed by atoms with Crippen molar-refractivity contribution < 1.29 is 18.4 Å². The molecule has 1 heterocycles. The molecule has 1 aromatic carbocycles. The maximum atomic E-state index is 11.6. The lowest BCUT2D eigenvalue weighted by Gasteiger charge is -2.18. The van der Waals surface area contributed by atoms with Crippen molar-refractivity contribution in [1.29, 1.82) is 0 Å². The van der Waals surface area contributed by atoms with Crippen LogP contribution in [-0.2, 0) is 9.84 Å². The molecular formula is C11H14N2O5S. The SMILES string of the molecule is CS(=O)(=O)c1cc(N2CC[C@@H](O)C2)ccc1[N+](=O)[O-]. The van der Waals surface area contributed by atoms with E-state index in [2.05, 4.69) is 0 Å². The molecule has 1 N–H and O–H groups in total. The van der Waals surface area contributed by atoms with Crippen LogP contribution in [0.3, 0.4) is 0 Å². The molecule has 104 valence electrons. The second-order valence-corrected chi connectivity index (χ2v) is 6.55. The first kappa shape index (κ1) is 13.8. The predicted molar refractivity (Wildman–Crippen MR) is 69.0 cm³/mol. The summed E-state index contributed by atoms with van der Waals surface area (Å²) in [7, 11) is -3.67. The van der Waals surface area contributed by atoms with Gasteiger partial charge in [0.05, 0.1) is 11.0 Å². The van der Waals surface area contributed by atoms with E-state index in [1.165, 1.54) is 18.2 Å². The summed E-state index contributed by atoms with van der Waals surface area (Å²) in [5, 5.41) is 20.3. The second kappa shape index (κ2) is 4.78. The van der Waals surface area contributed by atoms with Crippen LogP contribution in [0.1, 0.15) is 6.42 Å². The molecule has 2 rings (SSSR count). The van der Waals surface area contributed by atoms with Crippen molar-refractivity contribution in [2.45, 2.75) is 17.4 Å². The largest absolute Gasteiger partial charge is 0.391 e. The summed E-state index contributed by atoms with van der Waals surface area (Å²) in [6, 6.07) is 3.99. The molecule has 0 aromatic heterocycles.